The highest BCUT2D eigenvalue weighted by atomic mass is 19.1. The summed E-state index contributed by atoms with van der Waals surface area (Å²) in [5.74, 6) is -0.399. The number of halogens is 1. The molecule has 0 aliphatic heterocycles. The number of amides is 1. The van der Waals surface area contributed by atoms with Crippen molar-refractivity contribution in [1.82, 2.24) is 5.32 Å². The lowest BCUT2D eigenvalue weighted by Crippen LogP contribution is -2.22. The van der Waals surface area contributed by atoms with Gasteiger partial charge in [0, 0.05) is 18.7 Å². The molecule has 1 aliphatic carbocycles. The SMILES string of the molecule is CNC(=O)c1cc(C(C)(C)C)c(OC2CC2)cc1F. The van der Waals surface area contributed by atoms with Crippen molar-refractivity contribution >= 4 is 5.91 Å². The van der Waals surface area contributed by atoms with Crippen LogP contribution < -0.4 is 10.1 Å². The van der Waals surface area contributed by atoms with Crippen molar-refractivity contribution in [3.63, 3.8) is 0 Å². The lowest BCUT2D eigenvalue weighted by molar-refractivity contribution is 0.0959. The van der Waals surface area contributed by atoms with Gasteiger partial charge in [-0.15, -0.1) is 0 Å². The van der Waals surface area contributed by atoms with E-state index in [0.717, 1.165) is 18.4 Å². The number of carbonyl (C=O) groups excluding carboxylic acids is 1. The molecule has 1 fully saturated rings. The van der Waals surface area contributed by atoms with E-state index in [9.17, 15) is 9.18 Å². The molecule has 19 heavy (non-hydrogen) atoms. The van der Waals surface area contributed by atoms with Gasteiger partial charge >= 0.3 is 0 Å². The van der Waals surface area contributed by atoms with Crippen LogP contribution in [0.15, 0.2) is 12.1 Å². The lowest BCUT2D eigenvalue weighted by atomic mass is 9.85. The van der Waals surface area contributed by atoms with Gasteiger partial charge in [0.1, 0.15) is 11.6 Å². The molecule has 1 aromatic carbocycles. The van der Waals surface area contributed by atoms with E-state index in [1.165, 1.54) is 13.1 Å². The molecule has 0 radical (unpaired) electrons. The second-order valence-electron chi connectivity index (χ2n) is 5.97. The molecule has 0 atom stereocenters. The van der Waals surface area contributed by atoms with E-state index in [1.54, 1.807) is 6.07 Å². The Morgan fingerprint density at radius 2 is 2.00 bits per heavy atom. The van der Waals surface area contributed by atoms with Gasteiger partial charge in [-0.05, 0) is 24.3 Å². The summed E-state index contributed by atoms with van der Waals surface area (Å²) >= 11 is 0. The maximum Gasteiger partial charge on any atom is 0.254 e. The third-order valence-corrected chi connectivity index (χ3v) is 3.17. The molecule has 0 unspecified atom stereocenters. The summed E-state index contributed by atoms with van der Waals surface area (Å²) in [4.78, 5) is 11.7. The van der Waals surface area contributed by atoms with Crippen molar-refractivity contribution in [2.45, 2.75) is 45.1 Å². The van der Waals surface area contributed by atoms with Gasteiger partial charge < -0.3 is 10.1 Å². The fourth-order valence-electron chi connectivity index (χ4n) is 1.91. The molecule has 0 aromatic heterocycles. The standard InChI is InChI=1S/C15H20FNO2/c1-15(2,3)11-7-10(14(18)17-4)12(16)8-13(11)19-9-5-6-9/h7-9H,5-6H2,1-4H3,(H,17,18). The average Bonchev–Trinajstić information content (AvgIpc) is 3.10. The summed E-state index contributed by atoms with van der Waals surface area (Å²) in [6, 6.07) is 2.94. The Hall–Kier alpha value is -1.58. The number of nitrogens with one attached hydrogen (secondary N) is 1. The minimum absolute atomic E-state index is 0.0653. The summed E-state index contributed by atoms with van der Waals surface area (Å²) in [7, 11) is 1.49. The van der Waals surface area contributed by atoms with Crippen LogP contribution in [0, 0.1) is 5.82 Å². The molecule has 0 bridgehead atoms. The van der Waals surface area contributed by atoms with Gasteiger partial charge in [0.2, 0.25) is 0 Å². The van der Waals surface area contributed by atoms with Crippen LogP contribution >= 0.6 is 0 Å². The number of hydrogen-bond donors (Lipinski definition) is 1. The van der Waals surface area contributed by atoms with E-state index in [0.29, 0.717) is 5.75 Å². The highest BCUT2D eigenvalue weighted by Gasteiger charge is 2.29. The van der Waals surface area contributed by atoms with Gasteiger partial charge in [-0.2, -0.15) is 0 Å². The first-order chi connectivity index (χ1) is 8.82. The van der Waals surface area contributed by atoms with Gasteiger partial charge in [0.05, 0.1) is 11.7 Å². The van der Waals surface area contributed by atoms with Crippen molar-refractivity contribution in [3.05, 3.63) is 29.1 Å². The first kappa shape index (κ1) is 13.8. The topological polar surface area (TPSA) is 38.3 Å². The van der Waals surface area contributed by atoms with Crippen LogP contribution in [0.25, 0.3) is 0 Å². The van der Waals surface area contributed by atoms with Crippen LogP contribution in [-0.2, 0) is 5.41 Å². The van der Waals surface area contributed by atoms with Crippen LogP contribution in [-0.4, -0.2) is 19.1 Å². The number of carbonyl (C=O) groups is 1. The van der Waals surface area contributed by atoms with E-state index < -0.39 is 11.7 Å². The summed E-state index contributed by atoms with van der Waals surface area (Å²) in [6.45, 7) is 6.06. The van der Waals surface area contributed by atoms with E-state index in [-0.39, 0.29) is 17.1 Å². The number of rotatable bonds is 3. The number of hydrogen-bond acceptors (Lipinski definition) is 2. The van der Waals surface area contributed by atoms with Crippen LogP contribution in [0.1, 0.15) is 49.5 Å². The minimum atomic E-state index is -0.539. The van der Waals surface area contributed by atoms with Crippen molar-refractivity contribution < 1.29 is 13.9 Å². The average molecular weight is 265 g/mol. The molecular formula is C15H20FNO2. The van der Waals surface area contributed by atoms with E-state index >= 15 is 0 Å². The van der Waals surface area contributed by atoms with Crippen LogP contribution in [0.3, 0.4) is 0 Å². The molecule has 3 nitrogen and oxygen atoms in total. The first-order valence-electron chi connectivity index (χ1n) is 6.55. The van der Waals surface area contributed by atoms with Crippen molar-refractivity contribution in [2.24, 2.45) is 0 Å². The Morgan fingerprint density at radius 1 is 1.37 bits per heavy atom. The lowest BCUT2D eigenvalue weighted by Gasteiger charge is -2.24. The molecular weight excluding hydrogens is 245 g/mol. The summed E-state index contributed by atoms with van der Waals surface area (Å²) in [5, 5.41) is 2.45. The predicted octanol–water partition coefficient (Wildman–Crippen LogP) is 3.02. The van der Waals surface area contributed by atoms with Crippen molar-refractivity contribution in [1.29, 1.82) is 0 Å². The van der Waals surface area contributed by atoms with Crippen LogP contribution in [0.2, 0.25) is 0 Å². The van der Waals surface area contributed by atoms with Crippen LogP contribution in [0.4, 0.5) is 4.39 Å². The maximum atomic E-state index is 14.0. The minimum Gasteiger partial charge on any atom is -0.490 e. The molecule has 0 heterocycles. The van der Waals surface area contributed by atoms with Crippen molar-refractivity contribution in [3.8, 4) is 5.75 Å². The smallest absolute Gasteiger partial charge is 0.254 e. The molecule has 1 amide bonds. The van der Waals surface area contributed by atoms with E-state index in [4.69, 9.17) is 4.74 Å². The second kappa shape index (κ2) is 4.83. The van der Waals surface area contributed by atoms with Gasteiger partial charge in [-0.25, -0.2) is 4.39 Å². The molecule has 1 saturated carbocycles. The molecule has 1 N–H and O–H groups in total. The summed E-state index contributed by atoms with van der Waals surface area (Å²) < 4.78 is 19.7. The molecule has 0 spiro atoms. The zero-order chi connectivity index (χ0) is 14.2. The molecule has 4 heteroatoms. The van der Waals surface area contributed by atoms with E-state index in [2.05, 4.69) is 5.32 Å². The third kappa shape index (κ3) is 3.06. The molecule has 104 valence electrons. The molecule has 1 aliphatic rings. The highest BCUT2D eigenvalue weighted by molar-refractivity contribution is 5.94. The monoisotopic (exact) mass is 265 g/mol. The maximum absolute atomic E-state index is 14.0. The Kier molecular flexibility index (Phi) is 3.52. The summed E-state index contributed by atoms with van der Waals surface area (Å²) in [6.07, 6.45) is 2.23. The van der Waals surface area contributed by atoms with Crippen LogP contribution in [0.5, 0.6) is 5.75 Å². The predicted molar refractivity (Wildman–Crippen MR) is 72.1 cm³/mol. The largest absolute Gasteiger partial charge is 0.490 e. The normalized spacial score (nSPS) is 15.2. The summed E-state index contributed by atoms with van der Waals surface area (Å²) in [5.41, 5.74) is 0.718. The Morgan fingerprint density at radius 3 is 2.47 bits per heavy atom. The Labute approximate surface area is 113 Å². The highest BCUT2D eigenvalue weighted by Crippen LogP contribution is 2.37. The zero-order valence-corrected chi connectivity index (χ0v) is 11.8. The first-order valence-corrected chi connectivity index (χ1v) is 6.55. The zero-order valence-electron chi connectivity index (χ0n) is 11.8. The van der Waals surface area contributed by atoms with Gasteiger partial charge in [0.15, 0.2) is 0 Å². The third-order valence-electron chi connectivity index (χ3n) is 3.17. The molecule has 1 aromatic rings. The number of benzene rings is 1. The van der Waals surface area contributed by atoms with E-state index in [1.807, 2.05) is 20.8 Å². The Balaban J connectivity index is 2.48. The van der Waals surface area contributed by atoms with Crippen molar-refractivity contribution in [2.75, 3.05) is 7.05 Å². The van der Waals surface area contributed by atoms with Gasteiger partial charge in [0.25, 0.3) is 5.91 Å². The number of ether oxygens (including phenoxy) is 1. The van der Waals surface area contributed by atoms with Gasteiger partial charge in [-0.1, -0.05) is 20.8 Å². The second-order valence-corrected chi connectivity index (χ2v) is 5.97. The fourth-order valence-corrected chi connectivity index (χ4v) is 1.91. The molecule has 0 saturated heterocycles. The quantitative estimate of drug-likeness (QED) is 0.912. The Bertz CT molecular complexity index is 502. The fraction of sp³-hybridized carbons (Fsp3) is 0.533. The van der Waals surface area contributed by atoms with Gasteiger partial charge in [-0.3, -0.25) is 4.79 Å². The molecule has 2 rings (SSSR count).